The van der Waals surface area contributed by atoms with Gasteiger partial charge in [0.25, 0.3) is 10.0 Å². The molecule has 0 unspecified atom stereocenters. The highest BCUT2D eigenvalue weighted by Gasteiger charge is 1.91. The smallest absolute Gasteiger partial charge is 0.283 e. The van der Waals surface area contributed by atoms with E-state index < -0.39 is 19.8 Å². The molecule has 3 nitrogen and oxygen atoms in total. The summed E-state index contributed by atoms with van der Waals surface area (Å²) < 4.78 is 9.82. The average Bonchev–Trinajstić information content (AvgIpc) is 1.66. The first-order valence-electron chi connectivity index (χ1n) is 2.33. The fraction of sp³-hybridized carbons (Fsp3) is 0.500. The molecule has 6 heteroatoms. The number of rotatable bonds is 4. The first-order chi connectivity index (χ1) is 3.77. The molecule has 0 radical (unpaired) electrons. The third-order valence-corrected chi connectivity index (χ3v) is 3.34. The molecule has 0 rings (SSSR count). The van der Waals surface area contributed by atoms with Crippen molar-refractivity contribution < 1.29 is 13.0 Å². The Kier molecular flexibility index (Phi) is 5.54. The van der Waals surface area contributed by atoms with Crippen molar-refractivity contribution in [1.29, 1.82) is 0 Å². The Labute approximate surface area is 56.3 Å². The maximum atomic E-state index is 10.2. The van der Waals surface area contributed by atoms with E-state index in [9.17, 15) is 4.79 Å². The van der Waals surface area contributed by atoms with Crippen molar-refractivity contribution >= 4 is 35.7 Å². The quantitative estimate of drug-likeness (QED) is 0.328. The molecule has 0 amide bonds. The lowest BCUT2D eigenvalue weighted by Crippen LogP contribution is -2.13. The fourth-order valence-corrected chi connectivity index (χ4v) is 3.92. The predicted octanol–water partition coefficient (Wildman–Crippen LogP) is -3.07. The van der Waals surface area contributed by atoms with E-state index in [0.29, 0.717) is 0 Å². The molecule has 0 aliphatic heterocycles. The number of hydrogen-bond donors (Lipinski definition) is 0. The second-order valence-corrected chi connectivity index (χ2v) is 6.92. The summed E-state index contributed by atoms with van der Waals surface area (Å²) in [4.78, 5) is 10.2. The van der Waals surface area contributed by atoms with Gasteiger partial charge in [0.1, 0.15) is 15.9 Å². The van der Waals surface area contributed by atoms with Gasteiger partial charge in [-0.1, -0.05) is 0 Å². The molecule has 48 valence electrons. The van der Waals surface area contributed by atoms with E-state index in [1.54, 1.807) is 6.92 Å². The van der Waals surface area contributed by atoms with Crippen LogP contribution >= 0.6 is 0 Å². The summed E-state index contributed by atoms with van der Waals surface area (Å²) in [5.74, 6) is 0. The van der Waals surface area contributed by atoms with Gasteiger partial charge in [-0.2, -0.15) is 0 Å². The monoisotopic (exact) mass is 166 g/mol. The summed E-state index contributed by atoms with van der Waals surface area (Å²) in [7, 11) is -0.817. The molecule has 8 heavy (non-hydrogen) atoms. The van der Waals surface area contributed by atoms with Gasteiger partial charge in [-0.3, -0.25) is 0 Å². The summed E-state index contributed by atoms with van der Waals surface area (Å²) in [5, 5.41) is 0.205. The van der Waals surface area contributed by atoms with E-state index in [1.165, 1.54) is 0 Å². The van der Waals surface area contributed by atoms with Crippen molar-refractivity contribution in [3.05, 3.63) is 0 Å². The second kappa shape index (κ2) is 5.38. The van der Waals surface area contributed by atoms with Gasteiger partial charge in [-0.15, -0.1) is 0 Å². The van der Waals surface area contributed by atoms with Gasteiger partial charge in [0.2, 0.25) is 9.76 Å². The molecule has 0 aliphatic rings. The highest BCUT2D eigenvalue weighted by Crippen LogP contribution is 1.67. The van der Waals surface area contributed by atoms with Gasteiger partial charge in [-0.05, 0) is 6.92 Å². The molecule has 0 saturated heterocycles. The number of carbonyl (C=O) groups excluding carboxylic acids is 1. The van der Waals surface area contributed by atoms with Gasteiger partial charge in [0, 0.05) is 0 Å². The van der Waals surface area contributed by atoms with E-state index >= 15 is 0 Å². The minimum absolute atomic E-state index is 0.205. The van der Waals surface area contributed by atoms with Crippen molar-refractivity contribution in [3.8, 4) is 0 Å². The lowest BCUT2D eigenvalue weighted by Gasteiger charge is -1.95. The molecule has 0 aromatic rings. The maximum Gasteiger partial charge on any atom is 0.283 e. The van der Waals surface area contributed by atoms with E-state index in [2.05, 4.69) is 0 Å². The van der Waals surface area contributed by atoms with Crippen LogP contribution < -0.4 is 0 Å². The van der Waals surface area contributed by atoms with Gasteiger partial charge >= 0.3 is 0 Å². The van der Waals surface area contributed by atoms with Crippen LogP contribution in [0.5, 0.6) is 0 Å². The Bertz CT molecular complexity index is 74.9. The van der Waals surface area contributed by atoms with E-state index in [4.69, 9.17) is 8.23 Å². The van der Waals surface area contributed by atoms with E-state index in [0.717, 1.165) is 10.5 Å². The molecule has 0 aromatic carbocycles. The van der Waals surface area contributed by atoms with E-state index in [-0.39, 0.29) is 5.41 Å². The minimum atomic E-state index is -0.845. The van der Waals surface area contributed by atoms with Crippen LogP contribution in [0.1, 0.15) is 6.92 Å². The first kappa shape index (κ1) is 8.24. The highest BCUT2D eigenvalue weighted by atomic mass is 28.3. The van der Waals surface area contributed by atoms with Crippen molar-refractivity contribution in [2.24, 2.45) is 0 Å². The lowest BCUT2D eigenvalue weighted by atomic mass is 10.9. The minimum Gasteiger partial charge on any atom is -0.449 e. The molecule has 0 N–H and O–H groups in total. The first-order valence-corrected chi connectivity index (χ1v) is 5.59. The van der Waals surface area contributed by atoms with Crippen LogP contribution in [0.25, 0.3) is 0 Å². The Morgan fingerprint density at radius 2 is 2.38 bits per heavy atom. The Morgan fingerprint density at radius 1 is 1.75 bits per heavy atom. The zero-order valence-electron chi connectivity index (χ0n) is 5.14. The lowest BCUT2D eigenvalue weighted by molar-refractivity contribution is -0.110. The molecule has 0 atom stereocenters. The zero-order valence-corrected chi connectivity index (χ0v) is 9.97. The molecule has 0 spiro atoms. The van der Waals surface area contributed by atoms with Crippen LogP contribution in [0.2, 0.25) is 0 Å². The van der Waals surface area contributed by atoms with Gasteiger partial charge in [-0.25, -0.2) is 0 Å². The Balaban J connectivity index is 2.82. The summed E-state index contributed by atoms with van der Waals surface area (Å²) in [6, 6.07) is 0. The second-order valence-electron chi connectivity index (χ2n) is 1.46. The summed E-state index contributed by atoms with van der Waals surface area (Å²) in [6.07, 6.45) is 0. The van der Waals surface area contributed by atoms with Crippen LogP contribution in [0, 0.1) is 0 Å². The van der Waals surface area contributed by atoms with Crippen molar-refractivity contribution in [2.45, 2.75) is 6.92 Å². The largest absolute Gasteiger partial charge is 0.449 e. The topological polar surface area (TPSA) is 35.5 Å². The van der Waals surface area contributed by atoms with E-state index in [1.807, 2.05) is 0 Å². The van der Waals surface area contributed by atoms with Crippen molar-refractivity contribution in [3.63, 3.8) is 0 Å². The molecule has 0 bridgehead atoms. The SMILES string of the molecule is CC(=O)[SiH2]O[SiH2]O[SiH3]. The van der Waals surface area contributed by atoms with Gasteiger partial charge in [0.05, 0.1) is 0 Å². The van der Waals surface area contributed by atoms with Crippen LogP contribution in [0.15, 0.2) is 0 Å². The Hall–Kier alpha value is 0.241. The normalized spacial score (nSPS) is 12.6. The zero-order chi connectivity index (χ0) is 6.41. The van der Waals surface area contributed by atoms with Gasteiger partial charge < -0.3 is 13.0 Å². The van der Waals surface area contributed by atoms with Gasteiger partial charge in [0.15, 0.2) is 0 Å². The molecule has 0 fully saturated rings. The fourth-order valence-electron chi connectivity index (χ4n) is 0.269. The van der Waals surface area contributed by atoms with Crippen LogP contribution in [0.4, 0.5) is 0 Å². The Morgan fingerprint density at radius 3 is 2.75 bits per heavy atom. The van der Waals surface area contributed by atoms with Crippen molar-refractivity contribution in [1.82, 2.24) is 0 Å². The molecular formula is C2H10O3Si3. The molecular weight excluding hydrogens is 156 g/mol. The third-order valence-electron chi connectivity index (χ3n) is 0.507. The molecule has 0 aliphatic carbocycles. The van der Waals surface area contributed by atoms with Crippen molar-refractivity contribution in [2.75, 3.05) is 0 Å². The van der Waals surface area contributed by atoms with Crippen LogP contribution in [0.3, 0.4) is 0 Å². The maximum absolute atomic E-state index is 10.2. The van der Waals surface area contributed by atoms with Crippen LogP contribution in [-0.2, 0) is 13.0 Å². The summed E-state index contributed by atoms with van der Waals surface area (Å²) >= 11 is 0. The molecule has 0 aromatic heterocycles. The number of hydrogen-bond acceptors (Lipinski definition) is 3. The summed E-state index contributed by atoms with van der Waals surface area (Å²) in [6.45, 7) is 1.56. The van der Waals surface area contributed by atoms with Crippen LogP contribution in [-0.4, -0.2) is 35.7 Å². The number of carbonyl (C=O) groups is 1. The predicted molar refractivity (Wildman–Crippen MR) is 39.9 cm³/mol. The third kappa shape index (κ3) is 6.24. The standard InChI is InChI=1S/C2H10O3Si3/c1-2(3)7-5-8-4-6/h7-8H2,1,6H3. The summed E-state index contributed by atoms with van der Waals surface area (Å²) in [5.41, 5.74) is 0. The molecule has 0 heterocycles. The average molecular weight is 166 g/mol. The highest BCUT2D eigenvalue weighted by molar-refractivity contribution is 6.71. The molecule has 0 saturated carbocycles.